The zero-order valence-electron chi connectivity index (χ0n) is 17.4. The molecule has 164 valence electrons. The molecule has 3 aliphatic heterocycles. The Kier molecular flexibility index (Phi) is 6.58. The monoisotopic (exact) mass is 450 g/mol. The molecule has 3 heterocycles. The molecular weight excluding hydrogens is 419 g/mol. The van der Waals surface area contributed by atoms with Crippen LogP contribution in [0.3, 0.4) is 0 Å². The van der Waals surface area contributed by atoms with E-state index in [9.17, 15) is 4.39 Å². The summed E-state index contributed by atoms with van der Waals surface area (Å²) in [6.45, 7) is 1.98. The van der Waals surface area contributed by atoms with Crippen LogP contribution in [0, 0.1) is 5.92 Å². The molecule has 5 aliphatic rings. The lowest BCUT2D eigenvalue weighted by Gasteiger charge is -2.44. The lowest BCUT2D eigenvalue weighted by molar-refractivity contribution is 0.290. The van der Waals surface area contributed by atoms with Crippen molar-refractivity contribution in [1.29, 1.82) is 0 Å². The van der Waals surface area contributed by atoms with E-state index in [-0.39, 0.29) is 24.2 Å². The second-order valence-corrected chi connectivity index (χ2v) is 10.5. The Morgan fingerprint density at radius 2 is 2.07 bits per heavy atom. The molecule has 4 nitrogen and oxygen atoms in total. The van der Waals surface area contributed by atoms with Crippen LogP contribution in [0.5, 0.6) is 0 Å². The van der Waals surface area contributed by atoms with E-state index < -0.39 is 0 Å². The van der Waals surface area contributed by atoms with Gasteiger partial charge in [0.15, 0.2) is 0 Å². The molecule has 0 unspecified atom stereocenters. The first kappa shape index (κ1) is 21.1. The second-order valence-electron chi connectivity index (χ2n) is 9.09. The summed E-state index contributed by atoms with van der Waals surface area (Å²) in [5, 5.41) is 17.8. The van der Waals surface area contributed by atoms with E-state index in [1.165, 1.54) is 35.4 Å². The zero-order chi connectivity index (χ0) is 20.5. The van der Waals surface area contributed by atoms with E-state index in [0.29, 0.717) is 23.8 Å². The Labute approximate surface area is 188 Å². The third-order valence-corrected chi connectivity index (χ3v) is 8.40. The molecule has 0 spiro atoms. The Bertz CT molecular complexity index is 805. The first-order valence-electron chi connectivity index (χ1n) is 11.4. The Hall–Kier alpha value is -0.790. The zero-order valence-corrected chi connectivity index (χ0v) is 19.0. The minimum atomic E-state index is -0.132. The summed E-state index contributed by atoms with van der Waals surface area (Å²) in [7, 11) is 0. The fraction of sp³-hybridized carbons (Fsp3) is 0.652. The van der Waals surface area contributed by atoms with Gasteiger partial charge in [-0.15, -0.1) is 11.8 Å². The Morgan fingerprint density at radius 1 is 1.13 bits per heavy atom. The largest absolute Gasteiger partial charge is 0.370 e. The van der Waals surface area contributed by atoms with Crippen LogP contribution in [0.15, 0.2) is 44.8 Å². The van der Waals surface area contributed by atoms with Gasteiger partial charge in [0, 0.05) is 36.9 Å². The molecule has 7 heteroatoms. The van der Waals surface area contributed by atoms with Gasteiger partial charge in [-0.3, -0.25) is 10.6 Å². The maximum Gasteiger partial charge on any atom is 0.114 e. The Balaban J connectivity index is 1.37. The SMILES string of the molecule is FC1=C(Cl)C[C@@H](N[C@H]2N[C@@H](C3=CCCNC3)NC3=C2C[C@H](C2=CSCC2)CC3)CC1. The minimum Gasteiger partial charge on any atom is -0.370 e. The van der Waals surface area contributed by atoms with Gasteiger partial charge >= 0.3 is 0 Å². The quantitative estimate of drug-likeness (QED) is 0.478. The number of thioether (sulfide) groups is 1. The highest BCUT2D eigenvalue weighted by atomic mass is 35.5. The van der Waals surface area contributed by atoms with Crippen molar-refractivity contribution in [2.24, 2.45) is 5.92 Å². The number of allylic oxidation sites excluding steroid dienone is 3. The predicted octanol–water partition coefficient (Wildman–Crippen LogP) is 4.39. The maximum absolute atomic E-state index is 13.8. The van der Waals surface area contributed by atoms with Gasteiger partial charge in [-0.05, 0) is 67.5 Å². The molecule has 0 aromatic rings. The lowest BCUT2D eigenvalue weighted by atomic mass is 9.79. The van der Waals surface area contributed by atoms with Crippen molar-refractivity contribution in [2.45, 2.75) is 69.7 Å². The van der Waals surface area contributed by atoms with Gasteiger partial charge in [-0.2, -0.15) is 0 Å². The fourth-order valence-electron chi connectivity index (χ4n) is 5.41. The van der Waals surface area contributed by atoms with Gasteiger partial charge in [-0.1, -0.05) is 23.3 Å². The standard InChI is InChI=1S/C23H32ClFN4S/c24-19-11-17(4-5-20(19)25)27-23-18-10-14(16-7-9-30-13-16)3-6-21(18)28-22(29-23)15-2-1-8-26-12-15/h2,13-14,17,22-23,26-29H,1,3-12H2/t14-,17+,22+,23+/m1/s1. The van der Waals surface area contributed by atoms with E-state index in [1.54, 1.807) is 5.57 Å². The van der Waals surface area contributed by atoms with E-state index in [4.69, 9.17) is 11.6 Å². The van der Waals surface area contributed by atoms with Crippen LogP contribution in [0.2, 0.25) is 0 Å². The topological polar surface area (TPSA) is 48.1 Å². The molecule has 0 aromatic carbocycles. The molecule has 5 rings (SSSR count). The number of hydrogen-bond donors (Lipinski definition) is 4. The number of rotatable bonds is 4. The molecule has 30 heavy (non-hydrogen) atoms. The van der Waals surface area contributed by atoms with Crippen LogP contribution in [0.25, 0.3) is 0 Å². The van der Waals surface area contributed by atoms with Crippen molar-refractivity contribution < 1.29 is 4.39 Å². The number of hydrogen-bond acceptors (Lipinski definition) is 5. The first-order valence-corrected chi connectivity index (χ1v) is 12.8. The molecule has 0 fully saturated rings. The summed E-state index contributed by atoms with van der Waals surface area (Å²) in [4.78, 5) is 0. The summed E-state index contributed by atoms with van der Waals surface area (Å²) in [5.41, 5.74) is 5.91. The predicted molar refractivity (Wildman–Crippen MR) is 124 cm³/mol. The molecular formula is C23H32ClFN4S. The normalized spacial score (nSPS) is 35.0. The van der Waals surface area contributed by atoms with Crippen molar-refractivity contribution >= 4 is 23.4 Å². The molecule has 2 aliphatic carbocycles. The van der Waals surface area contributed by atoms with Gasteiger partial charge < -0.3 is 10.6 Å². The summed E-state index contributed by atoms with van der Waals surface area (Å²) in [6.07, 6.45) is 10.2. The van der Waals surface area contributed by atoms with Crippen LogP contribution in [0.4, 0.5) is 4.39 Å². The van der Waals surface area contributed by atoms with Crippen molar-refractivity contribution in [3.63, 3.8) is 0 Å². The van der Waals surface area contributed by atoms with Crippen molar-refractivity contribution in [3.05, 3.63) is 44.8 Å². The molecule has 0 saturated heterocycles. The third-order valence-electron chi connectivity index (χ3n) is 7.13. The van der Waals surface area contributed by atoms with E-state index in [0.717, 1.165) is 38.8 Å². The average molecular weight is 451 g/mol. The van der Waals surface area contributed by atoms with Gasteiger partial charge in [0.25, 0.3) is 0 Å². The van der Waals surface area contributed by atoms with Crippen LogP contribution < -0.4 is 21.3 Å². The van der Waals surface area contributed by atoms with Crippen molar-refractivity contribution in [1.82, 2.24) is 21.3 Å². The molecule has 0 amide bonds. The fourth-order valence-corrected chi connectivity index (χ4v) is 6.68. The highest BCUT2D eigenvalue weighted by molar-refractivity contribution is 8.02. The molecule has 0 bridgehead atoms. The summed E-state index contributed by atoms with van der Waals surface area (Å²) >= 11 is 8.13. The molecule has 4 atom stereocenters. The van der Waals surface area contributed by atoms with Gasteiger partial charge in [0.1, 0.15) is 12.0 Å². The summed E-state index contributed by atoms with van der Waals surface area (Å²) in [6, 6.07) is 0.210. The minimum absolute atomic E-state index is 0.113. The number of halogens is 2. The molecule has 4 N–H and O–H groups in total. The highest BCUT2D eigenvalue weighted by Gasteiger charge is 2.36. The molecule has 0 saturated carbocycles. The summed E-state index contributed by atoms with van der Waals surface area (Å²) in [5.74, 6) is 1.76. The molecule has 0 radical (unpaired) electrons. The maximum atomic E-state index is 13.8. The summed E-state index contributed by atoms with van der Waals surface area (Å²) < 4.78 is 13.8. The van der Waals surface area contributed by atoms with E-state index >= 15 is 0 Å². The second kappa shape index (κ2) is 9.37. The molecule has 0 aromatic heterocycles. The highest BCUT2D eigenvalue weighted by Crippen LogP contribution is 2.40. The Morgan fingerprint density at radius 3 is 2.83 bits per heavy atom. The van der Waals surface area contributed by atoms with Crippen molar-refractivity contribution in [2.75, 3.05) is 18.8 Å². The lowest BCUT2D eigenvalue weighted by Crippen LogP contribution is -2.62. The van der Waals surface area contributed by atoms with E-state index in [1.807, 2.05) is 11.8 Å². The van der Waals surface area contributed by atoms with Crippen LogP contribution in [-0.2, 0) is 0 Å². The van der Waals surface area contributed by atoms with Gasteiger partial charge in [0.2, 0.25) is 0 Å². The van der Waals surface area contributed by atoms with Crippen LogP contribution >= 0.6 is 23.4 Å². The third kappa shape index (κ3) is 4.53. The van der Waals surface area contributed by atoms with Gasteiger partial charge in [-0.25, -0.2) is 4.39 Å². The van der Waals surface area contributed by atoms with Crippen molar-refractivity contribution in [3.8, 4) is 0 Å². The van der Waals surface area contributed by atoms with E-state index in [2.05, 4.69) is 32.8 Å². The van der Waals surface area contributed by atoms with Gasteiger partial charge in [0.05, 0.1) is 11.2 Å². The smallest absolute Gasteiger partial charge is 0.114 e. The van der Waals surface area contributed by atoms with Crippen LogP contribution in [0.1, 0.15) is 51.4 Å². The van der Waals surface area contributed by atoms with Crippen LogP contribution in [-0.4, -0.2) is 37.2 Å². The first-order chi connectivity index (χ1) is 14.7. The number of nitrogens with one attached hydrogen (secondary N) is 4. The average Bonchev–Trinajstić information content (AvgIpc) is 3.31.